The van der Waals surface area contributed by atoms with Crippen LogP contribution in [-0.4, -0.2) is 11.7 Å². The minimum atomic E-state index is -3.25. The van der Waals surface area contributed by atoms with Gasteiger partial charge in [0.2, 0.25) is 5.78 Å². The van der Waals surface area contributed by atoms with Crippen LogP contribution < -0.4 is 0 Å². The Labute approximate surface area is 220 Å². The van der Waals surface area contributed by atoms with Gasteiger partial charge in [-0.3, -0.25) is 4.79 Å². The topological polar surface area (TPSA) is 17.1 Å². The van der Waals surface area contributed by atoms with Crippen LogP contribution in [0.2, 0.25) is 0 Å². The molecule has 0 saturated heterocycles. The van der Waals surface area contributed by atoms with Gasteiger partial charge in [-0.1, -0.05) is 109 Å². The summed E-state index contributed by atoms with van der Waals surface area (Å²) in [5.74, 6) is -0.997. The molecule has 204 valence electrons. The van der Waals surface area contributed by atoms with Gasteiger partial charge in [0.15, 0.2) is 0 Å². The fraction of sp³-hybridized carbons (Fsp3) is 0.788. The third-order valence-corrected chi connectivity index (χ3v) is 9.34. The van der Waals surface area contributed by atoms with Gasteiger partial charge in [-0.15, -0.1) is 0 Å². The lowest BCUT2D eigenvalue weighted by molar-refractivity contribution is 0.00453. The highest BCUT2D eigenvalue weighted by molar-refractivity contribution is 6.01. The van der Waals surface area contributed by atoms with Gasteiger partial charge in [0.25, 0.3) is 0 Å². The largest absolute Gasteiger partial charge is 0.309 e. The van der Waals surface area contributed by atoms with E-state index < -0.39 is 11.7 Å². The number of hydrogen-bond acceptors (Lipinski definition) is 1. The summed E-state index contributed by atoms with van der Waals surface area (Å²) in [5.41, 5.74) is 1.37. The number of hydrogen-bond donors (Lipinski definition) is 0. The lowest BCUT2D eigenvalue weighted by Gasteiger charge is -2.38. The summed E-state index contributed by atoms with van der Waals surface area (Å²) in [6, 6.07) is 7.11. The molecule has 1 aromatic carbocycles. The molecule has 0 aromatic heterocycles. The van der Waals surface area contributed by atoms with Crippen LogP contribution in [0.1, 0.15) is 158 Å². The zero-order valence-electron chi connectivity index (χ0n) is 23.2. The molecule has 1 aromatic rings. The van der Waals surface area contributed by atoms with E-state index in [-0.39, 0.29) is 12.0 Å². The molecule has 0 atom stereocenters. The van der Waals surface area contributed by atoms with Gasteiger partial charge >= 0.3 is 5.92 Å². The number of unbranched alkanes of at least 4 members (excludes halogenated alkanes) is 7. The fourth-order valence-electron chi connectivity index (χ4n) is 6.98. The molecule has 0 spiro atoms. The predicted octanol–water partition coefficient (Wildman–Crippen LogP) is 10.9. The highest BCUT2D eigenvalue weighted by Crippen LogP contribution is 2.44. The van der Waals surface area contributed by atoms with Gasteiger partial charge in [-0.25, -0.2) is 0 Å². The average Bonchev–Trinajstić information content (AvgIpc) is 2.90. The second-order valence-corrected chi connectivity index (χ2v) is 12.1. The summed E-state index contributed by atoms with van der Waals surface area (Å²) < 4.78 is 28.0. The highest BCUT2D eigenvalue weighted by Gasteiger charge is 2.38. The summed E-state index contributed by atoms with van der Waals surface area (Å²) in [4.78, 5) is 12.2. The predicted molar refractivity (Wildman–Crippen MR) is 148 cm³/mol. The Morgan fingerprint density at radius 3 is 1.81 bits per heavy atom. The highest BCUT2D eigenvalue weighted by atomic mass is 19.3. The van der Waals surface area contributed by atoms with E-state index in [4.69, 9.17) is 0 Å². The van der Waals surface area contributed by atoms with Crippen LogP contribution in [0.5, 0.6) is 0 Å². The molecule has 3 heteroatoms. The van der Waals surface area contributed by atoms with Crippen LogP contribution in [0.3, 0.4) is 0 Å². The van der Waals surface area contributed by atoms with Crippen molar-refractivity contribution < 1.29 is 13.6 Å². The number of benzene rings is 1. The first-order valence-electron chi connectivity index (χ1n) is 15.5. The Balaban J connectivity index is 1.32. The van der Waals surface area contributed by atoms with Crippen molar-refractivity contribution in [2.75, 3.05) is 0 Å². The third-order valence-electron chi connectivity index (χ3n) is 9.34. The van der Waals surface area contributed by atoms with Crippen LogP contribution in [0.25, 0.3) is 0 Å². The first-order valence-corrected chi connectivity index (χ1v) is 15.5. The van der Waals surface area contributed by atoms with E-state index in [1.807, 2.05) is 12.1 Å². The molecule has 0 bridgehead atoms. The Hall–Kier alpha value is -1.25. The first kappa shape index (κ1) is 29.3. The van der Waals surface area contributed by atoms with E-state index in [0.29, 0.717) is 12.3 Å². The van der Waals surface area contributed by atoms with Crippen LogP contribution in [0.4, 0.5) is 8.78 Å². The minimum absolute atomic E-state index is 0.148. The summed E-state index contributed by atoms with van der Waals surface area (Å²) in [6.07, 6.45) is 23.5. The molecule has 1 nitrogen and oxygen atoms in total. The Morgan fingerprint density at radius 2 is 1.25 bits per heavy atom. The summed E-state index contributed by atoms with van der Waals surface area (Å²) in [5, 5.41) is 0. The van der Waals surface area contributed by atoms with E-state index >= 15 is 0 Å². The Kier molecular flexibility index (Phi) is 12.4. The van der Waals surface area contributed by atoms with Gasteiger partial charge in [-0.2, -0.15) is 8.78 Å². The molecule has 36 heavy (non-hydrogen) atoms. The normalized spacial score (nSPS) is 25.1. The SMILES string of the molecule is CCCCCCCCCC[C@H]1CC[C@H](C2CCC(c3ccc(C(=O)C(F)(F)CCC)cc3)CC2)CC1. The number of Topliss-reactive ketones (excluding diaryl/α,β-unsaturated/α-hetero) is 1. The monoisotopic (exact) mass is 502 g/mol. The van der Waals surface area contributed by atoms with Crippen molar-refractivity contribution in [3.05, 3.63) is 35.4 Å². The number of rotatable bonds is 15. The second kappa shape index (κ2) is 15.2. The number of halogens is 2. The van der Waals surface area contributed by atoms with Gasteiger partial charge in [0.05, 0.1) is 0 Å². The van der Waals surface area contributed by atoms with Crippen molar-refractivity contribution in [2.24, 2.45) is 17.8 Å². The molecular weight excluding hydrogens is 450 g/mol. The fourth-order valence-corrected chi connectivity index (χ4v) is 6.98. The van der Waals surface area contributed by atoms with Crippen molar-refractivity contribution in [1.82, 2.24) is 0 Å². The molecule has 0 radical (unpaired) electrons. The quantitative estimate of drug-likeness (QED) is 0.172. The van der Waals surface area contributed by atoms with E-state index in [2.05, 4.69) is 6.92 Å². The summed E-state index contributed by atoms with van der Waals surface area (Å²) in [7, 11) is 0. The van der Waals surface area contributed by atoms with Crippen molar-refractivity contribution in [3.8, 4) is 0 Å². The van der Waals surface area contributed by atoms with E-state index in [0.717, 1.165) is 17.8 Å². The molecule has 0 aliphatic heterocycles. The van der Waals surface area contributed by atoms with Gasteiger partial charge < -0.3 is 0 Å². The molecule has 3 rings (SSSR count). The second-order valence-electron chi connectivity index (χ2n) is 12.1. The van der Waals surface area contributed by atoms with Gasteiger partial charge in [0.1, 0.15) is 0 Å². The minimum Gasteiger partial charge on any atom is -0.287 e. The summed E-state index contributed by atoms with van der Waals surface area (Å²) in [6.45, 7) is 3.97. The van der Waals surface area contributed by atoms with Crippen molar-refractivity contribution in [2.45, 2.75) is 148 Å². The molecule has 0 unspecified atom stereocenters. The van der Waals surface area contributed by atoms with Crippen LogP contribution in [-0.2, 0) is 0 Å². The zero-order chi connectivity index (χ0) is 25.8. The maximum Gasteiger partial charge on any atom is 0.309 e. The molecule has 2 aliphatic rings. The van der Waals surface area contributed by atoms with Crippen molar-refractivity contribution >= 4 is 5.78 Å². The standard InChI is InChI=1S/C33H52F2O/c1-3-5-6-7-8-9-10-11-12-26-13-15-27(16-14-26)28-17-19-29(20-18-28)30-21-23-31(24-22-30)32(36)33(34,35)25-4-2/h21-24,26-29H,3-20,25H2,1-2H3/t26-,27-,28?,29?. The Morgan fingerprint density at radius 1 is 0.722 bits per heavy atom. The maximum atomic E-state index is 14.0. The van der Waals surface area contributed by atoms with Crippen molar-refractivity contribution in [3.63, 3.8) is 0 Å². The lowest BCUT2D eigenvalue weighted by atomic mass is 9.68. The first-order chi connectivity index (χ1) is 17.4. The molecule has 2 aliphatic carbocycles. The van der Waals surface area contributed by atoms with E-state index in [9.17, 15) is 13.6 Å². The average molecular weight is 503 g/mol. The van der Waals surface area contributed by atoms with Crippen LogP contribution in [0.15, 0.2) is 24.3 Å². The van der Waals surface area contributed by atoms with Crippen LogP contribution >= 0.6 is 0 Å². The lowest BCUT2D eigenvalue weighted by Crippen LogP contribution is -2.28. The molecule has 0 amide bonds. The van der Waals surface area contributed by atoms with Crippen molar-refractivity contribution in [1.29, 1.82) is 0 Å². The molecule has 2 saturated carbocycles. The number of carbonyl (C=O) groups excluding carboxylic acids is 1. The zero-order valence-corrected chi connectivity index (χ0v) is 23.2. The summed E-state index contributed by atoms with van der Waals surface area (Å²) >= 11 is 0. The third kappa shape index (κ3) is 8.95. The molecule has 0 heterocycles. The van der Waals surface area contributed by atoms with Gasteiger partial charge in [-0.05, 0) is 74.2 Å². The molecule has 2 fully saturated rings. The maximum absolute atomic E-state index is 14.0. The molecule has 0 N–H and O–H groups in total. The van der Waals surface area contributed by atoms with E-state index in [1.54, 1.807) is 19.1 Å². The van der Waals surface area contributed by atoms with E-state index in [1.165, 1.54) is 115 Å². The van der Waals surface area contributed by atoms with Gasteiger partial charge in [0, 0.05) is 12.0 Å². The smallest absolute Gasteiger partial charge is 0.287 e. The number of alkyl halides is 2. The molecular formula is C33H52F2O. The van der Waals surface area contributed by atoms with Crippen LogP contribution in [0, 0.1) is 17.8 Å². The number of ketones is 1. The Bertz CT molecular complexity index is 739. The number of carbonyl (C=O) groups is 1.